The van der Waals surface area contributed by atoms with Crippen molar-refractivity contribution in [2.75, 3.05) is 5.88 Å². The van der Waals surface area contributed by atoms with Crippen molar-refractivity contribution in [1.29, 1.82) is 0 Å². The summed E-state index contributed by atoms with van der Waals surface area (Å²) in [5, 5.41) is 0. The molecule has 0 nitrogen and oxygen atoms in total. The van der Waals surface area contributed by atoms with E-state index in [9.17, 15) is 35.1 Å². The van der Waals surface area contributed by atoms with Gasteiger partial charge in [0, 0.05) is 17.0 Å². The highest BCUT2D eigenvalue weighted by Gasteiger charge is 2.84. The molecule has 0 spiro atoms. The average Bonchev–Trinajstić information content (AvgIpc) is 2.15. The van der Waals surface area contributed by atoms with E-state index in [1.54, 1.807) is 0 Å². The standard InChI is InChI=1S/C8H5ClF8/c1-3-4(2-9)6(12,13)8(16,17)7(14,15)5(3,10)11/h2H2,1H3. The maximum Gasteiger partial charge on any atom is 0.382 e. The summed E-state index contributed by atoms with van der Waals surface area (Å²) in [6, 6.07) is 0. The zero-order chi connectivity index (χ0) is 13.9. The highest BCUT2D eigenvalue weighted by molar-refractivity contribution is 6.19. The van der Waals surface area contributed by atoms with E-state index >= 15 is 0 Å². The van der Waals surface area contributed by atoms with Crippen molar-refractivity contribution >= 4 is 11.6 Å². The van der Waals surface area contributed by atoms with Gasteiger partial charge in [-0.1, -0.05) is 0 Å². The Hall–Kier alpha value is -0.530. The van der Waals surface area contributed by atoms with Crippen LogP contribution in [0.1, 0.15) is 6.92 Å². The average molecular weight is 289 g/mol. The predicted molar refractivity (Wildman–Crippen MR) is 43.2 cm³/mol. The largest absolute Gasteiger partial charge is 0.382 e. The number of hydrogen-bond acceptors (Lipinski definition) is 0. The van der Waals surface area contributed by atoms with Crippen LogP contribution in [0.2, 0.25) is 0 Å². The van der Waals surface area contributed by atoms with Crippen LogP contribution in [0.15, 0.2) is 11.1 Å². The molecule has 1 aliphatic carbocycles. The molecule has 0 fully saturated rings. The molecule has 1 rings (SSSR count). The van der Waals surface area contributed by atoms with E-state index in [1.165, 1.54) is 0 Å². The molecular formula is C8H5ClF8. The predicted octanol–water partition coefficient (Wildman–Crippen LogP) is 4.10. The minimum Gasteiger partial charge on any atom is -0.194 e. The molecule has 9 heteroatoms. The van der Waals surface area contributed by atoms with Crippen LogP contribution in [0.25, 0.3) is 0 Å². The summed E-state index contributed by atoms with van der Waals surface area (Å²) in [5.41, 5.74) is -3.70. The van der Waals surface area contributed by atoms with Gasteiger partial charge in [-0.15, -0.1) is 11.6 Å². The molecule has 100 valence electrons. The molecule has 0 aromatic rings. The zero-order valence-electron chi connectivity index (χ0n) is 8.11. The van der Waals surface area contributed by atoms with Crippen LogP contribution in [-0.2, 0) is 0 Å². The van der Waals surface area contributed by atoms with E-state index in [2.05, 4.69) is 0 Å². The van der Waals surface area contributed by atoms with Gasteiger partial charge in [-0.05, 0) is 6.92 Å². The summed E-state index contributed by atoms with van der Waals surface area (Å²) in [6.45, 7) is 0.231. The SMILES string of the molecule is CC1=C(CCl)C(F)(F)C(F)(F)C(F)(F)C1(F)F. The third kappa shape index (κ3) is 1.42. The van der Waals surface area contributed by atoms with Crippen molar-refractivity contribution in [3.05, 3.63) is 11.1 Å². The number of alkyl halides is 9. The first kappa shape index (κ1) is 14.5. The summed E-state index contributed by atoms with van der Waals surface area (Å²) < 4.78 is 103. The minimum absolute atomic E-state index is 0.231. The number of rotatable bonds is 1. The molecular weight excluding hydrogens is 284 g/mol. The first-order valence-corrected chi connectivity index (χ1v) is 4.67. The fourth-order valence-corrected chi connectivity index (χ4v) is 1.80. The Morgan fingerprint density at radius 2 is 1.18 bits per heavy atom. The van der Waals surface area contributed by atoms with Gasteiger partial charge in [-0.25, -0.2) is 0 Å². The Balaban J connectivity index is 3.67. The summed E-state index contributed by atoms with van der Waals surface area (Å²) in [6.07, 6.45) is 0. The number of allylic oxidation sites excluding steroid dienone is 2. The van der Waals surface area contributed by atoms with Crippen molar-refractivity contribution in [3.8, 4) is 0 Å². The van der Waals surface area contributed by atoms with Gasteiger partial charge in [0.1, 0.15) is 0 Å². The first-order valence-electron chi connectivity index (χ1n) is 4.13. The molecule has 0 atom stereocenters. The van der Waals surface area contributed by atoms with Crippen molar-refractivity contribution in [1.82, 2.24) is 0 Å². The summed E-state index contributed by atoms with van der Waals surface area (Å²) in [4.78, 5) is 0. The van der Waals surface area contributed by atoms with Crippen molar-refractivity contribution in [3.63, 3.8) is 0 Å². The summed E-state index contributed by atoms with van der Waals surface area (Å²) in [5.74, 6) is -24.6. The molecule has 0 aromatic heterocycles. The van der Waals surface area contributed by atoms with Crippen LogP contribution >= 0.6 is 11.6 Å². The topological polar surface area (TPSA) is 0 Å². The monoisotopic (exact) mass is 288 g/mol. The highest BCUT2D eigenvalue weighted by atomic mass is 35.5. The third-order valence-electron chi connectivity index (χ3n) is 2.62. The van der Waals surface area contributed by atoms with E-state index in [4.69, 9.17) is 11.6 Å². The van der Waals surface area contributed by atoms with Crippen molar-refractivity contribution < 1.29 is 35.1 Å². The number of hydrogen-bond donors (Lipinski definition) is 0. The van der Waals surface area contributed by atoms with Gasteiger partial charge < -0.3 is 0 Å². The fourth-order valence-electron chi connectivity index (χ4n) is 1.43. The Morgan fingerprint density at radius 3 is 1.53 bits per heavy atom. The lowest BCUT2D eigenvalue weighted by molar-refractivity contribution is -0.358. The Morgan fingerprint density at radius 1 is 0.824 bits per heavy atom. The molecule has 0 radical (unpaired) electrons. The fraction of sp³-hybridized carbons (Fsp3) is 0.750. The molecule has 0 unspecified atom stereocenters. The molecule has 0 heterocycles. The quantitative estimate of drug-likeness (QED) is 0.387. The number of halogens is 9. The van der Waals surface area contributed by atoms with Crippen LogP contribution in [-0.4, -0.2) is 29.6 Å². The van der Waals surface area contributed by atoms with Crippen molar-refractivity contribution in [2.45, 2.75) is 30.6 Å². The molecule has 1 aliphatic rings. The molecule has 0 aliphatic heterocycles. The molecule has 0 N–H and O–H groups in total. The van der Waals surface area contributed by atoms with Gasteiger partial charge >= 0.3 is 23.7 Å². The van der Waals surface area contributed by atoms with Crippen LogP contribution in [0.4, 0.5) is 35.1 Å². The second-order valence-corrected chi connectivity index (χ2v) is 3.80. The Labute approximate surface area is 95.2 Å². The third-order valence-corrected chi connectivity index (χ3v) is 2.89. The van der Waals surface area contributed by atoms with E-state index < -0.39 is 40.7 Å². The maximum absolute atomic E-state index is 13.0. The molecule has 0 bridgehead atoms. The lowest BCUT2D eigenvalue weighted by atomic mass is 9.81. The molecule has 0 saturated heterocycles. The van der Waals surface area contributed by atoms with Crippen molar-refractivity contribution in [2.24, 2.45) is 0 Å². The molecule has 0 saturated carbocycles. The van der Waals surface area contributed by atoms with Crippen LogP contribution in [0.3, 0.4) is 0 Å². The lowest BCUT2D eigenvalue weighted by Crippen LogP contribution is -2.67. The second-order valence-electron chi connectivity index (χ2n) is 3.53. The van der Waals surface area contributed by atoms with Gasteiger partial charge in [-0.2, -0.15) is 35.1 Å². The highest BCUT2D eigenvalue weighted by Crippen LogP contribution is 2.61. The lowest BCUT2D eigenvalue weighted by Gasteiger charge is -2.43. The molecule has 0 amide bonds. The minimum atomic E-state index is -6.20. The van der Waals surface area contributed by atoms with Gasteiger partial charge in [-0.3, -0.25) is 0 Å². The van der Waals surface area contributed by atoms with E-state index in [0.29, 0.717) is 0 Å². The zero-order valence-corrected chi connectivity index (χ0v) is 8.86. The first-order chi connectivity index (χ1) is 7.35. The van der Waals surface area contributed by atoms with E-state index in [-0.39, 0.29) is 6.92 Å². The van der Waals surface area contributed by atoms with Crippen LogP contribution < -0.4 is 0 Å². The summed E-state index contributed by atoms with van der Waals surface area (Å²) >= 11 is 4.86. The van der Waals surface area contributed by atoms with Gasteiger partial charge in [0.2, 0.25) is 0 Å². The van der Waals surface area contributed by atoms with Crippen LogP contribution in [0, 0.1) is 0 Å². The van der Waals surface area contributed by atoms with E-state index in [1.807, 2.05) is 0 Å². The maximum atomic E-state index is 13.0. The Bertz CT molecular complexity index is 370. The normalized spacial score (nSPS) is 29.3. The molecule has 17 heavy (non-hydrogen) atoms. The van der Waals surface area contributed by atoms with Gasteiger partial charge in [0.25, 0.3) is 0 Å². The van der Waals surface area contributed by atoms with E-state index in [0.717, 1.165) is 0 Å². The van der Waals surface area contributed by atoms with Crippen LogP contribution in [0.5, 0.6) is 0 Å². The smallest absolute Gasteiger partial charge is 0.194 e. The van der Waals surface area contributed by atoms with Gasteiger partial charge in [0.15, 0.2) is 0 Å². The Kier molecular flexibility index (Phi) is 2.98. The summed E-state index contributed by atoms with van der Waals surface area (Å²) in [7, 11) is 0. The second kappa shape index (κ2) is 3.49. The molecule has 0 aromatic carbocycles. The van der Waals surface area contributed by atoms with Gasteiger partial charge in [0.05, 0.1) is 0 Å².